The van der Waals surface area contributed by atoms with Crippen LogP contribution in [0.5, 0.6) is 0 Å². The number of imidazole rings is 1. The number of rotatable bonds is 3. The lowest BCUT2D eigenvalue weighted by Crippen LogP contribution is -2.25. The van der Waals surface area contributed by atoms with E-state index in [9.17, 15) is 17.6 Å². The van der Waals surface area contributed by atoms with Crippen LogP contribution in [0.3, 0.4) is 0 Å². The van der Waals surface area contributed by atoms with Crippen LogP contribution < -0.4 is 4.90 Å². The molecule has 3 rings (SSSR count). The summed E-state index contributed by atoms with van der Waals surface area (Å²) in [7, 11) is 1.61. The standard InChI is InChI=1S/C15H13F4N5/c1-8(9-3-5-10(16)6-4-9)24(2)13-11-12(21-7-20-11)22-14(23-13)15(17,18)19/h3-8H,1-2H3,(H,20,21,22,23). The van der Waals surface area contributed by atoms with Gasteiger partial charge in [-0.1, -0.05) is 12.1 Å². The van der Waals surface area contributed by atoms with Crippen LogP contribution in [0, 0.1) is 5.82 Å². The van der Waals surface area contributed by atoms with E-state index in [0.29, 0.717) is 5.52 Å². The number of nitrogens with zero attached hydrogens (tertiary/aromatic N) is 4. The van der Waals surface area contributed by atoms with Crippen molar-refractivity contribution in [2.45, 2.75) is 19.1 Å². The summed E-state index contributed by atoms with van der Waals surface area (Å²) in [6.07, 6.45) is -3.42. The van der Waals surface area contributed by atoms with Gasteiger partial charge in [0.25, 0.3) is 0 Å². The van der Waals surface area contributed by atoms with Gasteiger partial charge in [-0.25, -0.2) is 19.3 Å². The number of hydrogen-bond donors (Lipinski definition) is 1. The Hall–Kier alpha value is -2.71. The molecule has 0 aliphatic rings. The van der Waals surface area contributed by atoms with E-state index in [-0.39, 0.29) is 23.3 Å². The zero-order chi connectivity index (χ0) is 17.5. The molecule has 0 aliphatic carbocycles. The maximum atomic E-state index is 13.1. The second-order valence-corrected chi connectivity index (χ2v) is 5.31. The number of hydrogen-bond acceptors (Lipinski definition) is 4. The smallest absolute Gasteiger partial charge is 0.351 e. The molecule has 1 N–H and O–H groups in total. The molecule has 1 atom stereocenters. The van der Waals surface area contributed by atoms with Crippen molar-refractivity contribution in [3.8, 4) is 0 Å². The highest BCUT2D eigenvalue weighted by molar-refractivity contribution is 5.83. The Bertz CT molecular complexity index is 856. The van der Waals surface area contributed by atoms with E-state index >= 15 is 0 Å². The molecule has 5 nitrogen and oxygen atoms in total. The fraction of sp³-hybridized carbons (Fsp3) is 0.267. The van der Waals surface area contributed by atoms with Crippen LogP contribution in [0.4, 0.5) is 23.4 Å². The third-order valence-electron chi connectivity index (χ3n) is 3.79. The summed E-state index contributed by atoms with van der Waals surface area (Å²) in [4.78, 5) is 15.2. The van der Waals surface area contributed by atoms with Crippen molar-refractivity contribution >= 4 is 17.0 Å². The molecular weight excluding hydrogens is 326 g/mol. The summed E-state index contributed by atoms with van der Waals surface area (Å²) < 4.78 is 52.1. The Morgan fingerprint density at radius 1 is 1.12 bits per heavy atom. The van der Waals surface area contributed by atoms with Crippen molar-refractivity contribution in [2.24, 2.45) is 0 Å². The lowest BCUT2D eigenvalue weighted by molar-refractivity contribution is -0.144. The largest absolute Gasteiger partial charge is 0.451 e. The molecule has 0 spiro atoms. The molecule has 126 valence electrons. The molecule has 0 aliphatic heterocycles. The van der Waals surface area contributed by atoms with Crippen molar-refractivity contribution in [1.29, 1.82) is 0 Å². The van der Waals surface area contributed by atoms with Crippen LogP contribution in [0.2, 0.25) is 0 Å². The average molecular weight is 339 g/mol. The van der Waals surface area contributed by atoms with Crippen LogP contribution >= 0.6 is 0 Å². The van der Waals surface area contributed by atoms with E-state index in [2.05, 4.69) is 19.9 Å². The molecule has 0 fully saturated rings. The minimum atomic E-state index is -4.68. The number of alkyl halides is 3. The molecule has 3 aromatic rings. The van der Waals surface area contributed by atoms with Crippen molar-refractivity contribution in [3.63, 3.8) is 0 Å². The van der Waals surface area contributed by atoms with Gasteiger partial charge in [0.2, 0.25) is 5.82 Å². The van der Waals surface area contributed by atoms with Gasteiger partial charge in [-0.05, 0) is 24.6 Å². The first kappa shape index (κ1) is 16.2. The van der Waals surface area contributed by atoms with Crippen molar-refractivity contribution in [3.05, 3.63) is 47.8 Å². The van der Waals surface area contributed by atoms with Crippen LogP contribution in [-0.4, -0.2) is 27.0 Å². The van der Waals surface area contributed by atoms with E-state index in [0.717, 1.165) is 5.56 Å². The van der Waals surface area contributed by atoms with Gasteiger partial charge in [-0.2, -0.15) is 13.2 Å². The zero-order valence-corrected chi connectivity index (χ0v) is 12.8. The lowest BCUT2D eigenvalue weighted by atomic mass is 10.1. The summed E-state index contributed by atoms with van der Waals surface area (Å²) in [6, 6.07) is 5.41. The quantitative estimate of drug-likeness (QED) is 0.739. The Morgan fingerprint density at radius 2 is 1.79 bits per heavy atom. The number of aromatic nitrogens is 4. The Balaban J connectivity index is 2.06. The van der Waals surface area contributed by atoms with E-state index in [1.807, 2.05) is 0 Å². The second kappa shape index (κ2) is 5.73. The fourth-order valence-corrected chi connectivity index (χ4v) is 2.35. The molecule has 2 aromatic heterocycles. The summed E-state index contributed by atoms with van der Waals surface area (Å²) in [5, 5.41) is 0. The molecule has 0 bridgehead atoms. The first-order valence-electron chi connectivity index (χ1n) is 7.04. The predicted molar refractivity (Wildman–Crippen MR) is 79.9 cm³/mol. The number of anilines is 1. The molecule has 0 amide bonds. The minimum Gasteiger partial charge on any atom is -0.351 e. The van der Waals surface area contributed by atoms with E-state index in [4.69, 9.17) is 0 Å². The van der Waals surface area contributed by atoms with Gasteiger partial charge in [0.15, 0.2) is 11.5 Å². The summed E-state index contributed by atoms with van der Waals surface area (Å²) in [6.45, 7) is 1.78. The molecule has 0 saturated heterocycles. The first-order chi connectivity index (χ1) is 11.3. The third-order valence-corrected chi connectivity index (χ3v) is 3.79. The highest BCUT2D eigenvalue weighted by Gasteiger charge is 2.36. The minimum absolute atomic E-state index is 0.0644. The van der Waals surface area contributed by atoms with E-state index in [1.165, 1.54) is 18.5 Å². The predicted octanol–water partition coefficient (Wildman–Crippen LogP) is 3.71. The second-order valence-electron chi connectivity index (χ2n) is 5.31. The highest BCUT2D eigenvalue weighted by Crippen LogP contribution is 2.33. The Kier molecular flexibility index (Phi) is 3.86. The molecule has 24 heavy (non-hydrogen) atoms. The Labute approximate surface area is 134 Å². The number of aromatic amines is 1. The SMILES string of the molecule is CC(c1ccc(F)cc1)N(C)c1nc(C(F)(F)F)nc2nc[nH]c12. The van der Waals surface area contributed by atoms with Crippen molar-refractivity contribution < 1.29 is 17.6 Å². The lowest BCUT2D eigenvalue weighted by Gasteiger charge is -2.27. The van der Waals surface area contributed by atoms with E-state index in [1.54, 1.807) is 31.0 Å². The van der Waals surface area contributed by atoms with Gasteiger partial charge < -0.3 is 9.88 Å². The van der Waals surface area contributed by atoms with Crippen LogP contribution in [0.25, 0.3) is 11.2 Å². The zero-order valence-electron chi connectivity index (χ0n) is 12.8. The van der Waals surface area contributed by atoms with Gasteiger partial charge in [-0.3, -0.25) is 0 Å². The van der Waals surface area contributed by atoms with Gasteiger partial charge in [0.05, 0.1) is 12.4 Å². The fourth-order valence-electron chi connectivity index (χ4n) is 2.35. The summed E-state index contributed by atoms with van der Waals surface area (Å²) >= 11 is 0. The molecule has 1 unspecified atom stereocenters. The average Bonchev–Trinajstić information content (AvgIpc) is 3.01. The molecule has 0 radical (unpaired) electrons. The normalized spacial score (nSPS) is 13.2. The summed E-state index contributed by atoms with van der Waals surface area (Å²) in [5.74, 6) is -1.57. The number of nitrogens with one attached hydrogen (secondary N) is 1. The molecule has 2 heterocycles. The van der Waals surface area contributed by atoms with Crippen molar-refractivity contribution in [2.75, 3.05) is 11.9 Å². The van der Waals surface area contributed by atoms with Gasteiger partial charge in [-0.15, -0.1) is 0 Å². The third kappa shape index (κ3) is 2.89. The number of fused-ring (bicyclic) bond motifs is 1. The summed E-state index contributed by atoms with van der Waals surface area (Å²) in [5.41, 5.74) is 0.976. The Morgan fingerprint density at radius 3 is 2.42 bits per heavy atom. The maximum absolute atomic E-state index is 13.1. The molecule has 1 aromatic carbocycles. The van der Waals surface area contributed by atoms with E-state index < -0.39 is 12.0 Å². The molecular formula is C15H13F4N5. The van der Waals surface area contributed by atoms with Gasteiger partial charge in [0, 0.05) is 7.05 Å². The number of benzene rings is 1. The van der Waals surface area contributed by atoms with Crippen LogP contribution in [0.15, 0.2) is 30.6 Å². The van der Waals surface area contributed by atoms with Gasteiger partial charge in [0.1, 0.15) is 11.3 Å². The maximum Gasteiger partial charge on any atom is 0.451 e. The highest BCUT2D eigenvalue weighted by atomic mass is 19.4. The van der Waals surface area contributed by atoms with Gasteiger partial charge >= 0.3 is 6.18 Å². The van der Waals surface area contributed by atoms with Crippen molar-refractivity contribution in [1.82, 2.24) is 19.9 Å². The monoisotopic (exact) mass is 339 g/mol. The van der Waals surface area contributed by atoms with Crippen LogP contribution in [0.1, 0.15) is 24.4 Å². The van der Waals surface area contributed by atoms with Crippen LogP contribution in [-0.2, 0) is 6.18 Å². The first-order valence-corrected chi connectivity index (χ1v) is 7.04. The topological polar surface area (TPSA) is 57.7 Å². The number of halogens is 4. The molecule has 0 saturated carbocycles. The molecule has 9 heteroatoms. The number of H-pyrrole nitrogens is 1.